The van der Waals surface area contributed by atoms with Gasteiger partial charge in [-0.05, 0) is 43.7 Å². The summed E-state index contributed by atoms with van der Waals surface area (Å²) in [6, 6.07) is 2.24. The molecule has 0 atom stereocenters. The van der Waals surface area contributed by atoms with Crippen molar-refractivity contribution in [3.63, 3.8) is 0 Å². The molecule has 0 saturated heterocycles. The molecule has 0 aliphatic carbocycles. The summed E-state index contributed by atoms with van der Waals surface area (Å²) >= 11 is 1.64. The zero-order valence-electron chi connectivity index (χ0n) is 14.7. The monoisotopic (exact) mass is 337 g/mol. The SMILES string of the molecule is C=C/C=C\C1=CC=C(C)/C(=C\C(C#N)=C/C(C)=NC(CC)=NC)S1. The van der Waals surface area contributed by atoms with E-state index in [1.54, 1.807) is 31.0 Å². The van der Waals surface area contributed by atoms with Gasteiger partial charge in [0.25, 0.3) is 0 Å². The lowest BCUT2D eigenvalue weighted by Crippen LogP contribution is -1.97. The Kier molecular flexibility index (Phi) is 8.53. The van der Waals surface area contributed by atoms with Crippen LogP contribution in [0.1, 0.15) is 27.2 Å². The molecule has 1 aliphatic rings. The molecule has 0 spiro atoms. The molecule has 24 heavy (non-hydrogen) atoms. The summed E-state index contributed by atoms with van der Waals surface area (Å²) in [6.45, 7) is 9.61. The van der Waals surface area contributed by atoms with Crippen molar-refractivity contribution in [3.8, 4) is 6.07 Å². The minimum Gasteiger partial charge on any atom is -0.274 e. The highest BCUT2D eigenvalue weighted by molar-refractivity contribution is 8.07. The Morgan fingerprint density at radius 2 is 2.17 bits per heavy atom. The van der Waals surface area contributed by atoms with Gasteiger partial charge in [0.05, 0.1) is 11.6 Å². The zero-order chi connectivity index (χ0) is 17.9. The lowest BCUT2D eigenvalue weighted by atomic mass is 10.1. The molecule has 1 rings (SSSR count). The first kappa shape index (κ1) is 19.7. The van der Waals surface area contributed by atoms with Crippen molar-refractivity contribution >= 4 is 23.3 Å². The van der Waals surface area contributed by atoms with Gasteiger partial charge in [-0.25, -0.2) is 4.99 Å². The molecule has 4 heteroatoms. The second kappa shape index (κ2) is 10.4. The van der Waals surface area contributed by atoms with Crippen LogP contribution in [-0.4, -0.2) is 18.6 Å². The number of hydrogen-bond acceptors (Lipinski definition) is 3. The Morgan fingerprint density at radius 3 is 2.75 bits per heavy atom. The molecule has 0 aromatic rings. The van der Waals surface area contributed by atoms with Gasteiger partial charge in [-0.15, -0.1) is 0 Å². The molecule has 0 aromatic heterocycles. The van der Waals surface area contributed by atoms with E-state index in [1.165, 1.54) is 0 Å². The van der Waals surface area contributed by atoms with Gasteiger partial charge in [-0.1, -0.05) is 43.5 Å². The first-order chi connectivity index (χ1) is 11.5. The van der Waals surface area contributed by atoms with E-state index in [9.17, 15) is 5.26 Å². The first-order valence-corrected chi connectivity index (χ1v) is 8.56. The van der Waals surface area contributed by atoms with E-state index in [0.717, 1.165) is 33.4 Å². The Hall–Kier alpha value is -2.38. The van der Waals surface area contributed by atoms with Crippen LogP contribution in [0.2, 0.25) is 0 Å². The Morgan fingerprint density at radius 1 is 1.42 bits per heavy atom. The molecule has 0 bridgehead atoms. The van der Waals surface area contributed by atoms with E-state index in [2.05, 4.69) is 34.8 Å². The summed E-state index contributed by atoms with van der Waals surface area (Å²) in [5, 5.41) is 9.43. The summed E-state index contributed by atoms with van der Waals surface area (Å²) < 4.78 is 0. The fourth-order valence-corrected chi connectivity index (χ4v) is 2.87. The van der Waals surface area contributed by atoms with E-state index in [4.69, 9.17) is 0 Å². The van der Waals surface area contributed by atoms with E-state index < -0.39 is 0 Å². The van der Waals surface area contributed by atoms with E-state index in [1.807, 2.05) is 39.0 Å². The quantitative estimate of drug-likeness (QED) is 0.286. The topological polar surface area (TPSA) is 48.5 Å². The third kappa shape index (κ3) is 6.39. The molecule has 0 aromatic carbocycles. The van der Waals surface area contributed by atoms with Gasteiger partial charge in [0, 0.05) is 29.0 Å². The second-order valence-electron chi connectivity index (χ2n) is 5.08. The predicted molar refractivity (Wildman–Crippen MR) is 107 cm³/mol. The summed E-state index contributed by atoms with van der Waals surface area (Å²) in [7, 11) is 1.73. The van der Waals surface area contributed by atoms with E-state index in [0.29, 0.717) is 5.57 Å². The molecule has 124 valence electrons. The normalized spacial score (nSPS) is 18.5. The minimum absolute atomic E-state index is 0.576. The Bertz CT molecular complexity index is 735. The van der Waals surface area contributed by atoms with Crippen molar-refractivity contribution < 1.29 is 0 Å². The summed E-state index contributed by atoms with van der Waals surface area (Å²) in [5.41, 5.74) is 2.48. The van der Waals surface area contributed by atoms with Crippen molar-refractivity contribution in [2.45, 2.75) is 27.2 Å². The van der Waals surface area contributed by atoms with Crippen molar-refractivity contribution in [2.75, 3.05) is 7.05 Å². The number of amidine groups is 1. The number of thioether (sulfide) groups is 1. The molecule has 0 saturated carbocycles. The zero-order valence-corrected chi connectivity index (χ0v) is 15.5. The highest BCUT2D eigenvalue weighted by Gasteiger charge is 2.09. The van der Waals surface area contributed by atoms with E-state index >= 15 is 0 Å². The molecule has 0 radical (unpaired) electrons. The third-order valence-corrected chi connectivity index (χ3v) is 4.34. The maximum Gasteiger partial charge on any atom is 0.122 e. The fraction of sp³-hybridized carbons (Fsp3) is 0.250. The average molecular weight is 337 g/mol. The van der Waals surface area contributed by atoms with Crippen LogP contribution in [0, 0.1) is 11.3 Å². The fourth-order valence-electron chi connectivity index (χ4n) is 1.92. The Labute approximate surface area is 149 Å². The summed E-state index contributed by atoms with van der Waals surface area (Å²) in [5.74, 6) is 0.775. The smallest absolute Gasteiger partial charge is 0.122 e. The highest BCUT2D eigenvalue weighted by Crippen LogP contribution is 2.36. The maximum absolute atomic E-state index is 9.43. The molecule has 0 amide bonds. The second-order valence-corrected chi connectivity index (χ2v) is 6.20. The van der Waals surface area contributed by atoms with Gasteiger partial charge in [0.2, 0.25) is 0 Å². The third-order valence-electron chi connectivity index (χ3n) is 3.17. The van der Waals surface area contributed by atoms with Gasteiger partial charge in [0.1, 0.15) is 5.84 Å². The molecule has 0 N–H and O–H groups in total. The predicted octanol–water partition coefficient (Wildman–Crippen LogP) is 5.54. The highest BCUT2D eigenvalue weighted by atomic mass is 32.2. The van der Waals surface area contributed by atoms with Gasteiger partial charge in [0.15, 0.2) is 0 Å². The van der Waals surface area contributed by atoms with Crippen LogP contribution in [-0.2, 0) is 0 Å². The number of allylic oxidation sites excluding steroid dienone is 9. The molecule has 1 heterocycles. The number of aliphatic imine (C=N–C) groups is 2. The van der Waals surface area contributed by atoms with Crippen LogP contribution >= 0.6 is 11.8 Å². The van der Waals surface area contributed by atoms with Crippen LogP contribution in [0.15, 0.2) is 80.1 Å². The molecular weight excluding hydrogens is 314 g/mol. The Balaban J connectivity index is 3.08. The van der Waals surface area contributed by atoms with Crippen LogP contribution in [0.5, 0.6) is 0 Å². The minimum atomic E-state index is 0.576. The first-order valence-electron chi connectivity index (χ1n) is 7.74. The molecule has 3 nitrogen and oxygen atoms in total. The van der Waals surface area contributed by atoms with Gasteiger partial charge in [-0.3, -0.25) is 4.99 Å². The van der Waals surface area contributed by atoms with Gasteiger partial charge < -0.3 is 0 Å². The van der Waals surface area contributed by atoms with Crippen LogP contribution in [0.3, 0.4) is 0 Å². The van der Waals surface area contributed by atoms with Crippen molar-refractivity contribution in [1.82, 2.24) is 0 Å². The molecule has 1 aliphatic heterocycles. The lowest BCUT2D eigenvalue weighted by Gasteiger charge is -2.12. The van der Waals surface area contributed by atoms with Gasteiger partial charge in [-0.2, -0.15) is 5.26 Å². The molecular formula is C20H23N3S. The number of nitriles is 1. The van der Waals surface area contributed by atoms with Crippen LogP contribution < -0.4 is 0 Å². The van der Waals surface area contributed by atoms with E-state index in [-0.39, 0.29) is 0 Å². The average Bonchev–Trinajstić information content (AvgIpc) is 2.59. The standard InChI is InChI=1S/C20H23N3S/c1-6-8-9-18-11-10-15(3)19(24-18)13-17(14-21)12-16(4)23-20(7-2)22-5/h6,8-13H,1,7H2,2-5H3/b9-8-,17-12+,19-13+,22-20?,23-16?. The molecule has 0 fully saturated rings. The maximum atomic E-state index is 9.43. The number of hydrogen-bond donors (Lipinski definition) is 0. The number of nitrogens with zero attached hydrogens (tertiary/aromatic N) is 3. The molecule has 0 unspecified atom stereocenters. The largest absolute Gasteiger partial charge is 0.274 e. The van der Waals surface area contributed by atoms with Crippen molar-refractivity contribution in [3.05, 3.63) is 70.1 Å². The summed E-state index contributed by atoms with van der Waals surface area (Å²) in [6.07, 6.45) is 14.2. The number of rotatable bonds is 5. The van der Waals surface area contributed by atoms with Crippen molar-refractivity contribution in [2.24, 2.45) is 9.98 Å². The summed E-state index contributed by atoms with van der Waals surface area (Å²) in [4.78, 5) is 10.7. The lowest BCUT2D eigenvalue weighted by molar-refractivity contribution is 1.21. The van der Waals surface area contributed by atoms with Crippen LogP contribution in [0.4, 0.5) is 0 Å². The van der Waals surface area contributed by atoms with Crippen LogP contribution in [0.25, 0.3) is 0 Å². The van der Waals surface area contributed by atoms with Crippen molar-refractivity contribution in [1.29, 1.82) is 5.26 Å². The van der Waals surface area contributed by atoms with Gasteiger partial charge >= 0.3 is 0 Å².